The molecule has 4 heteroatoms. The second-order valence-electron chi connectivity index (χ2n) is 4.33. The van der Waals surface area contributed by atoms with Gasteiger partial charge in [0.15, 0.2) is 5.78 Å². The summed E-state index contributed by atoms with van der Waals surface area (Å²) in [5.74, 6) is 0.203. The van der Waals surface area contributed by atoms with E-state index in [0.29, 0.717) is 5.69 Å². The van der Waals surface area contributed by atoms with Crippen molar-refractivity contribution in [2.24, 2.45) is 0 Å². The van der Waals surface area contributed by atoms with Crippen LogP contribution in [0.25, 0.3) is 0 Å². The fourth-order valence-corrected chi connectivity index (χ4v) is 2.29. The standard InChI is InChI=1S/C13H15N3O/c1-10(17)13-4-2-3-7-16(13)12-6-5-11(8-14)15-9-12/h5-6,9,13H,2-4,7H2,1H3. The van der Waals surface area contributed by atoms with Crippen LogP contribution in [0.3, 0.4) is 0 Å². The normalized spacial score (nSPS) is 19.8. The van der Waals surface area contributed by atoms with Crippen LogP contribution >= 0.6 is 0 Å². The summed E-state index contributed by atoms with van der Waals surface area (Å²) < 4.78 is 0. The topological polar surface area (TPSA) is 57.0 Å². The van der Waals surface area contributed by atoms with Gasteiger partial charge in [-0.05, 0) is 38.3 Å². The molecule has 0 aromatic carbocycles. The summed E-state index contributed by atoms with van der Waals surface area (Å²) >= 11 is 0. The third-order valence-electron chi connectivity index (χ3n) is 3.17. The summed E-state index contributed by atoms with van der Waals surface area (Å²) in [5.41, 5.74) is 1.34. The second-order valence-corrected chi connectivity index (χ2v) is 4.33. The molecule has 1 aliphatic heterocycles. The Hall–Kier alpha value is -1.89. The predicted octanol–water partition coefficient (Wildman–Crippen LogP) is 1.90. The molecule has 1 atom stereocenters. The van der Waals surface area contributed by atoms with E-state index in [-0.39, 0.29) is 11.8 Å². The molecule has 17 heavy (non-hydrogen) atoms. The van der Waals surface area contributed by atoms with E-state index in [1.165, 1.54) is 0 Å². The molecule has 0 aliphatic carbocycles. The molecule has 88 valence electrons. The van der Waals surface area contributed by atoms with Crippen molar-refractivity contribution in [2.75, 3.05) is 11.4 Å². The van der Waals surface area contributed by atoms with Crippen molar-refractivity contribution in [1.82, 2.24) is 4.98 Å². The van der Waals surface area contributed by atoms with Crippen molar-refractivity contribution in [3.8, 4) is 6.07 Å². The Bertz CT molecular complexity index is 447. The number of hydrogen-bond donors (Lipinski definition) is 0. The number of anilines is 1. The van der Waals surface area contributed by atoms with Crippen molar-refractivity contribution < 1.29 is 4.79 Å². The molecule has 1 aromatic rings. The lowest BCUT2D eigenvalue weighted by molar-refractivity contribution is -0.118. The van der Waals surface area contributed by atoms with E-state index < -0.39 is 0 Å². The Kier molecular flexibility index (Phi) is 3.38. The average Bonchev–Trinajstić information content (AvgIpc) is 2.39. The number of aromatic nitrogens is 1. The number of Topliss-reactive ketones (excluding diaryl/α,β-unsaturated/α-hetero) is 1. The van der Waals surface area contributed by atoms with Gasteiger partial charge in [-0.2, -0.15) is 5.26 Å². The maximum Gasteiger partial charge on any atom is 0.152 e. The van der Waals surface area contributed by atoms with E-state index in [2.05, 4.69) is 9.88 Å². The van der Waals surface area contributed by atoms with Gasteiger partial charge in [-0.15, -0.1) is 0 Å². The van der Waals surface area contributed by atoms with Gasteiger partial charge in [-0.3, -0.25) is 4.79 Å². The number of hydrogen-bond acceptors (Lipinski definition) is 4. The van der Waals surface area contributed by atoms with E-state index in [9.17, 15) is 4.79 Å². The molecule has 2 heterocycles. The van der Waals surface area contributed by atoms with Crippen LogP contribution in [0.5, 0.6) is 0 Å². The molecule has 4 nitrogen and oxygen atoms in total. The quantitative estimate of drug-likeness (QED) is 0.777. The maximum atomic E-state index is 11.6. The minimum atomic E-state index is -0.0292. The van der Waals surface area contributed by atoms with E-state index in [4.69, 9.17) is 5.26 Å². The maximum absolute atomic E-state index is 11.6. The molecule has 0 amide bonds. The van der Waals surface area contributed by atoms with Crippen LogP contribution in [0.4, 0.5) is 5.69 Å². The number of pyridine rings is 1. The van der Waals surface area contributed by atoms with Crippen molar-refractivity contribution in [1.29, 1.82) is 5.26 Å². The largest absolute Gasteiger partial charge is 0.360 e. The fraction of sp³-hybridized carbons (Fsp3) is 0.462. The Morgan fingerprint density at radius 2 is 2.35 bits per heavy atom. The zero-order chi connectivity index (χ0) is 12.3. The number of nitriles is 1. The highest BCUT2D eigenvalue weighted by atomic mass is 16.1. The van der Waals surface area contributed by atoms with E-state index >= 15 is 0 Å². The molecular formula is C13H15N3O. The highest BCUT2D eigenvalue weighted by Gasteiger charge is 2.26. The van der Waals surface area contributed by atoms with Crippen molar-refractivity contribution in [3.63, 3.8) is 0 Å². The summed E-state index contributed by atoms with van der Waals surface area (Å²) in [6.07, 6.45) is 4.80. The SMILES string of the molecule is CC(=O)C1CCCCN1c1ccc(C#N)nc1. The Balaban J connectivity index is 2.24. The van der Waals surface area contributed by atoms with Gasteiger partial charge < -0.3 is 4.90 Å². The van der Waals surface area contributed by atoms with Crippen LogP contribution in [0.15, 0.2) is 18.3 Å². The first kappa shape index (κ1) is 11.6. The summed E-state index contributed by atoms with van der Waals surface area (Å²) in [5, 5.41) is 8.70. The fourth-order valence-electron chi connectivity index (χ4n) is 2.29. The molecule has 2 rings (SSSR count). The van der Waals surface area contributed by atoms with Crippen molar-refractivity contribution in [2.45, 2.75) is 32.2 Å². The highest BCUT2D eigenvalue weighted by Crippen LogP contribution is 2.24. The third kappa shape index (κ3) is 2.44. The van der Waals surface area contributed by atoms with Gasteiger partial charge in [0, 0.05) is 6.54 Å². The molecule has 0 saturated carbocycles. The number of piperidine rings is 1. The minimum Gasteiger partial charge on any atom is -0.360 e. The van der Waals surface area contributed by atoms with Crippen LogP contribution in [0.2, 0.25) is 0 Å². The van der Waals surface area contributed by atoms with E-state index in [1.807, 2.05) is 12.1 Å². The number of nitrogens with zero attached hydrogens (tertiary/aromatic N) is 3. The summed E-state index contributed by atoms with van der Waals surface area (Å²) in [6.45, 7) is 2.53. The molecule has 0 radical (unpaired) electrons. The van der Waals surface area contributed by atoms with Gasteiger partial charge in [0.05, 0.1) is 17.9 Å². The Labute approximate surface area is 101 Å². The monoisotopic (exact) mass is 229 g/mol. The molecule has 0 bridgehead atoms. The van der Waals surface area contributed by atoms with Gasteiger partial charge in [-0.25, -0.2) is 4.98 Å². The molecule has 1 aromatic heterocycles. The van der Waals surface area contributed by atoms with Crippen LogP contribution in [-0.4, -0.2) is 23.4 Å². The van der Waals surface area contributed by atoms with Gasteiger partial charge in [0.1, 0.15) is 11.8 Å². The minimum absolute atomic E-state index is 0.0292. The molecular weight excluding hydrogens is 214 g/mol. The number of rotatable bonds is 2. The lowest BCUT2D eigenvalue weighted by Crippen LogP contribution is -2.43. The zero-order valence-corrected chi connectivity index (χ0v) is 9.89. The van der Waals surface area contributed by atoms with Crippen molar-refractivity contribution >= 4 is 11.5 Å². The summed E-state index contributed by atoms with van der Waals surface area (Å²) in [6, 6.07) is 5.53. The smallest absolute Gasteiger partial charge is 0.152 e. The molecule has 1 aliphatic rings. The average molecular weight is 229 g/mol. The first-order valence-electron chi connectivity index (χ1n) is 5.85. The number of carbonyl (C=O) groups excluding carboxylic acids is 1. The van der Waals surface area contributed by atoms with Crippen molar-refractivity contribution in [3.05, 3.63) is 24.0 Å². The molecule has 1 saturated heterocycles. The van der Waals surface area contributed by atoms with E-state index in [0.717, 1.165) is 31.5 Å². The zero-order valence-electron chi connectivity index (χ0n) is 9.89. The number of ketones is 1. The Morgan fingerprint density at radius 3 is 2.94 bits per heavy atom. The molecule has 0 N–H and O–H groups in total. The predicted molar refractivity (Wildman–Crippen MR) is 64.6 cm³/mol. The van der Waals surface area contributed by atoms with Crippen LogP contribution in [0, 0.1) is 11.3 Å². The lowest BCUT2D eigenvalue weighted by Gasteiger charge is -2.35. The number of carbonyl (C=O) groups is 1. The first-order valence-corrected chi connectivity index (χ1v) is 5.85. The van der Waals surface area contributed by atoms with Crippen LogP contribution in [-0.2, 0) is 4.79 Å². The van der Waals surface area contributed by atoms with Gasteiger partial charge in [0.25, 0.3) is 0 Å². The highest BCUT2D eigenvalue weighted by molar-refractivity contribution is 5.85. The molecule has 1 fully saturated rings. The molecule has 0 spiro atoms. The first-order chi connectivity index (χ1) is 8.22. The van der Waals surface area contributed by atoms with Crippen LogP contribution in [0.1, 0.15) is 31.9 Å². The Morgan fingerprint density at radius 1 is 1.53 bits per heavy atom. The summed E-state index contributed by atoms with van der Waals surface area (Å²) in [7, 11) is 0. The summed E-state index contributed by atoms with van der Waals surface area (Å²) in [4.78, 5) is 17.7. The van der Waals surface area contributed by atoms with Gasteiger partial charge in [-0.1, -0.05) is 0 Å². The lowest BCUT2D eigenvalue weighted by atomic mass is 9.98. The van der Waals surface area contributed by atoms with Gasteiger partial charge in [0.2, 0.25) is 0 Å². The van der Waals surface area contributed by atoms with E-state index in [1.54, 1.807) is 19.2 Å². The van der Waals surface area contributed by atoms with Gasteiger partial charge >= 0.3 is 0 Å². The third-order valence-corrected chi connectivity index (χ3v) is 3.17. The molecule has 1 unspecified atom stereocenters. The second kappa shape index (κ2) is 4.96. The van der Waals surface area contributed by atoms with Crippen LogP contribution < -0.4 is 4.90 Å².